The first kappa shape index (κ1) is 17.8. The number of ether oxygens (including phenoxy) is 1. The Balaban J connectivity index is 2.04. The van der Waals surface area contributed by atoms with Gasteiger partial charge >= 0.3 is 0 Å². The van der Waals surface area contributed by atoms with Gasteiger partial charge in [0.25, 0.3) is 0 Å². The molecular weight excluding hydrogens is 333 g/mol. The summed E-state index contributed by atoms with van der Waals surface area (Å²) in [4.78, 5) is 12.1. The molecule has 2 N–H and O–H groups in total. The fraction of sp³-hybridized carbons (Fsp3) is 0.167. The number of halogens is 2. The Morgan fingerprint density at radius 2 is 2.04 bits per heavy atom. The van der Waals surface area contributed by atoms with Crippen LogP contribution in [-0.2, 0) is 4.79 Å². The highest BCUT2D eigenvalue weighted by molar-refractivity contribution is 6.30. The summed E-state index contributed by atoms with van der Waals surface area (Å²) < 4.78 is 18.5. The lowest BCUT2D eigenvalue weighted by Gasteiger charge is -2.14. The standard InChI is InChI=1S/C18H15ClFNO3/c1-2-9-24-17-10-14(20)7-8-15(17)21-18(23)11-16(22)12-3-5-13(19)6-4-12/h1,3-8,10,16,22H,9,11H2,(H,21,23). The van der Waals surface area contributed by atoms with E-state index in [1.165, 1.54) is 12.1 Å². The number of benzene rings is 2. The maximum Gasteiger partial charge on any atom is 0.227 e. The first-order valence-corrected chi connectivity index (χ1v) is 7.46. The van der Waals surface area contributed by atoms with Crippen LogP contribution in [0.3, 0.4) is 0 Å². The lowest BCUT2D eigenvalue weighted by Crippen LogP contribution is -2.16. The summed E-state index contributed by atoms with van der Waals surface area (Å²) in [7, 11) is 0. The van der Waals surface area contributed by atoms with Crippen molar-refractivity contribution in [2.75, 3.05) is 11.9 Å². The fourth-order valence-corrected chi connectivity index (χ4v) is 2.14. The van der Waals surface area contributed by atoms with Crippen LogP contribution in [0.25, 0.3) is 0 Å². The Hall–Kier alpha value is -2.55. The minimum absolute atomic E-state index is 0.0558. The van der Waals surface area contributed by atoms with Gasteiger partial charge in [0.1, 0.15) is 18.2 Å². The van der Waals surface area contributed by atoms with Crippen LogP contribution in [0.15, 0.2) is 42.5 Å². The van der Waals surface area contributed by atoms with E-state index >= 15 is 0 Å². The second kappa shape index (κ2) is 8.34. The zero-order valence-electron chi connectivity index (χ0n) is 12.6. The molecule has 1 atom stereocenters. The van der Waals surface area contributed by atoms with E-state index in [2.05, 4.69) is 11.2 Å². The van der Waals surface area contributed by atoms with Crippen molar-refractivity contribution in [1.82, 2.24) is 0 Å². The van der Waals surface area contributed by atoms with Gasteiger partial charge in [0.15, 0.2) is 0 Å². The van der Waals surface area contributed by atoms with E-state index in [9.17, 15) is 14.3 Å². The van der Waals surface area contributed by atoms with Gasteiger partial charge in [0, 0.05) is 11.1 Å². The van der Waals surface area contributed by atoms with Crippen molar-refractivity contribution in [2.45, 2.75) is 12.5 Å². The average Bonchev–Trinajstić information content (AvgIpc) is 2.55. The third kappa shape index (κ3) is 4.98. The monoisotopic (exact) mass is 347 g/mol. The summed E-state index contributed by atoms with van der Waals surface area (Å²) in [6.07, 6.45) is 3.95. The number of terminal acetylenes is 1. The summed E-state index contributed by atoms with van der Waals surface area (Å²) in [5, 5.41) is 13.2. The van der Waals surface area contributed by atoms with Crippen LogP contribution < -0.4 is 10.1 Å². The van der Waals surface area contributed by atoms with Crippen LogP contribution in [0.1, 0.15) is 18.1 Å². The molecule has 2 aromatic rings. The number of anilines is 1. The van der Waals surface area contributed by atoms with E-state index < -0.39 is 17.8 Å². The summed E-state index contributed by atoms with van der Waals surface area (Å²) in [5.74, 6) is 1.43. The summed E-state index contributed by atoms with van der Waals surface area (Å²) in [6, 6.07) is 10.2. The van der Waals surface area contributed by atoms with E-state index in [1.807, 2.05) is 0 Å². The number of amides is 1. The molecule has 0 saturated carbocycles. The maximum absolute atomic E-state index is 13.3. The van der Waals surface area contributed by atoms with Crippen LogP contribution in [0, 0.1) is 18.2 Å². The minimum atomic E-state index is -0.988. The second-order valence-electron chi connectivity index (χ2n) is 4.95. The van der Waals surface area contributed by atoms with Crippen LogP contribution in [0.2, 0.25) is 5.02 Å². The molecule has 0 aliphatic rings. The van der Waals surface area contributed by atoms with Crippen molar-refractivity contribution in [1.29, 1.82) is 0 Å². The predicted octanol–water partition coefficient (Wildman–Crippen LogP) is 3.55. The molecule has 1 amide bonds. The molecule has 0 saturated heterocycles. The van der Waals surface area contributed by atoms with Crippen molar-refractivity contribution in [3.05, 3.63) is 58.9 Å². The molecule has 24 heavy (non-hydrogen) atoms. The van der Waals surface area contributed by atoms with E-state index in [-0.39, 0.29) is 24.5 Å². The highest BCUT2D eigenvalue weighted by atomic mass is 35.5. The number of nitrogens with one attached hydrogen (secondary N) is 1. The van der Waals surface area contributed by atoms with Gasteiger partial charge in [0.2, 0.25) is 5.91 Å². The molecule has 2 rings (SSSR count). The lowest BCUT2D eigenvalue weighted by atomic mass is 10.1. The fourth-order valence-electron chi connectivity index (χ4n) is 2.02. The molecule has 2 aromatic carbocycles. The summed E-state index contributed by atoms with van der Waals surface area (Å²) in [6.45, 7) is -0.0558. The number of rotatable bonds is 6. The van der Waals surface area contributed by atoms with Crippen molar-refractivity contribution < 1.29 is 19.0 Å². The topological polar surface area (TPSA) is 58.6 Å². The molecular formula is C18H15ClFNO3. The van der Waals surface area contributed by atoms with Gasteiger partial charge in [-0.25, -0.2) is 4.39 Å². The molecule has 0 fully saturated rings. The summed E-state index contributed by atoms with van der Waals surface area (Å²) in [5.41, 5.74) is 0.845. The maximum atomic E-state index is 13.3. The van der Waals surface area contributed by atoms with E-state index in [4.69, 9.17) is 22.8 Å². The van der Waals surface area contributed by atoms with Gasteiger partial charge in [-0.15, -0.1) is 6.42 Å². The normalized spacial score (nSPS) is 11.4. The number of aliphatic hydroxyl groups is 1. The molecule has 0 aliphatic heterocycles. The van der Waals surface area contributed by atoms with Crippen LogP contribution in [-0.4, -0.2) is 17.6 Å². The van der Waals surface area contributed by atoms with Crippen molar-refractivity contribution in [2.24, 2.45) is 0 Å². The van der Waals surface area contributed by atoms with Crippen LogP contribution in [0.4, 0.5) is 10.1 Å². The molecule has 1 unspecified atom stereocenters. The largest absolute Gasteiger partial charge is 0.479 e. The molecule has 0 heterocycles. The predicted molar refractivity (Wildman–Crippen MR) is 90.4 cm³/mol. The summed E-state index contributed by atoms with van der Waals surface area (Å²) >= 11 is 5.78. The third-order valence-corrected chi connectivity index (χ3v) is 3.41. The molecule has 0 aliphatic carbocycles. The third-order valence-electron chi connectivity index (χ3n) is 3.16. The Labute approximate surface area is 144 Å². The van der Waals surface area contributed by atoms with Gasteiger partial charge < -0.3 is 15.2 Å². The van der Waals surface area contributed by atoms with Crippen molar-refractivity contribution in [3.8, 4) is 18.1 Å². The number of aliphatic hydroxyl groups excluding tert-OH is 1. The second-order valence-corrected chi connectivity index (χ2v) is 5.39. The van der Waals surface area contributed by atoms with Crippen molar-refractivity contribution >= 4 is 23.2 Å². The first-order chi connectivity index (χ1) is 11.5. The highest BCUT2D eigenvalue weighted by Crippen LogP contribution is 2.26. The molecule has 0 spiro atoms. The smallest absolute Gasteiger partial charge is 0.227 e. The number of hydrogen-bond donors (Lipinski definition) is 2. The number of carbonyl (C=O) groups is 1. The Bertz CT molecular complexity index is 756. The lowest BCUT2D eigenvalue weighted by molar-refractivity contribution is -0.118. The van der Waals surface area contributed by atoms with Gasteiger partial charge in [-0.05, 0) is 29.8 Å². The van der Waals surface area contributed by atoms with Crippen LogP contribution >= 0.6 is 11.6 Å². The Morgan fingerprint density at radius 1 is 1.33 bits per heavy atom. The van der Waals surface area contributed by atoms with E-state index in [0.717, 1.165) is 6.07 Å². The molecule has 0 bridgehead atoms. The molecule has 0 aromatic heterocycles. The van der Waals surface area contributed by atoms with Gasteiger partial charge in [-0.2, -0.15) is 0 Å². The van der Waals surface area contributed by atoms with Crippen molar-refractivity contribution in [3.63, 3.8) is 0 Å². The minimum Gasteiger partial charge on any atom is -0.479 e. The average molecular weight is 348 g/mol. The van der Waals surface area contributed by atoms with Crippen LogP contribution in [0.5, 0.6) is 5.75 Å². The Kier molecular flexibility index (Phi) is 6.19. The zero-order chi connectivity index (χ0) is 17.5. The molecule has 6 heteroatoms. The molecule has 0 radical (unpaired) electrons. The first-order valence-electron chi connectivity index (χ1n) is 7.09. The number of hydrogen-bond acceptors (Lipinski definition) is 3. The molecule has 4 nitrogen and oxygen atoms in total. The van der Waals surface area contributed by atoms with Gasteiger partial charge in [0.05, 0.1) is 18.2 Å². The quantitative estimate of drug-likeness (QED) is 0.786. The van der Waals surface area contributed by atoms with Gasteiger partial charge in [-0.1, -0.05) is 29.7 Å². The number of carbonyl (C=O) groups excluding carboxylic acids is 1. The van der Waals surface area contributed by atoms with Gasteiger partial charge in [-0.3, -0.25) is 4.79 Å². The molecule has 124 valence electrons. The van der Waals surface area contributed by atoms with E-state index in [0.29, 0.717) is 10.6 Å². The van der Waals surface area contributed by atoms with E-state index in [1.54, 1.807) is 24.3 Å². The highest BCUT2D eigenvalue weighted by Gasteiger charge is 2.15. The Morgan fingerprint density at radius 3 is 2.71 bits per heavy atom. The SMILES string of the molecule is C#CCOc1cc(F)ccc1NC(=O)CC(O)c1ccc(Cl)cc1. The zero-order valence-corrected chi connectivity index (χ0v) is 13.4.